The van der Waals surface area contributed by atoms with Crippen molar-refractivity contribution in [3.8, 4) is 0 Å². The molecule has 0 aliphatic carbocycles. The van der Waals surface area contributed by atoms with Crippen molar-refractivity contribution in [3.63, 3.8) is 0 Å². The van der Waals surface area contributed by atoms with Crippen LogP contribution in [0.3, 0.4) is 0 Å². The summed E-state index contributed by atoms with van der Waals surface area (Å²) in [5, 5.41) is 0. The Balaban J connectivity index is 2.29. The molecule has 1 aliphatic rings. The second-order valence-corrected chi connectivity index (χ2v) is 6.40. The summed E-state index contributed by atoms with van der Waals surface area (Å²) in [5.41, 5.74) is 0.633. The number of amides is 1. The first-order valence-electron chi connectivity index (χ1n) is 5.08. The summed E-state index contributed by atoms with van der Waals surface area (Å²) in [5.74, 6) is -0.0564. The summed E-state index contributed by atoms with van der Waals surface area (Å²) in [7, 11) is 0. The maximum atomic E-state index is 12.0. The van der Waals surface area contributed by atoms with Crippen LogP contribution in [0.15, 0.2) is 24.3 Å². The first kappa shape index (κ1) is 10.5. The molecule has 0 spiro atoms. The summed E-state index contributed by atoms with van der Waals surface area (Å²) in [4.78, 5) is 11.9. The number of nitrogens with zero attached hydrogens (tertiary/aromatic N) is 1. The van der Waals surface area contributed by atoms with Gasteiger partial charge in [0.25, 0.3) is 0 Å². The predicted octanol–water partition coefficient (Wildman–Crippen LogP) is 1.07. The fraction of sp³-hybridized carbons (Fsp3) is 0.364. The van der Waals surface area contributed by atoms with Gasteiger partial charge in [0.05, 0.1) is 0 Å². The van der Waals surface area contributed by atoms with Crippen molar-refractivity contribution in [2.75, 3.05) is 6.54 Å². The van der Waals surface area contributed by atoms with E-state index in [4.69, 9.17) is 0 Å². The minimum absolute atomic E-state index is 0.0564. The fourth-order valence-corrected chi connectivity index (χ4v) is 4.38. The Morgan fingerprint density at radius 3 is 2.73 bits per heavy atom. The van der Waals surface area contributed by atoms with Crippen LogP contribution in [-0.4, -0.2) is 30.4 Å². The molecule has 0 saturated heterocycles. The molecular formula is C11H13NO2Se. The molecule has 3 nitrogen and oxygen atoms in total. The Hall–Kier alpha value is -0.991. The van der Waals surface area contributed by atoms with Crippen molar-refractivity contribution >= 4 is 24.4 Å². The summed E-state index contributed by atoms with van der Waals surface area (Å²) < 4.78 is 14.3. The van der Waals surface area contributed by atoms with Gasteiger partial charge in [-0.25, -0.2) is 0 Å². The summed E-state index contributed by atoms with van der Waals surface area (Å²) >= 11 is -2.28. The molecule has 1 atom stereocenters. The molecule has 0 bridgehead atoms. The second kappa shape index (κ2) is 4.25. The molecule has 0 fully saturated rings. The van der Waals surface area contributed by atoms with E-state index < -0.39 is 14.1 Å². The molecule has 0 N–H and O–H groups in total. The Bertz CT molecular complexity index is 382. The number of hydrogen-bond acceptors (Lipinski definition) is 2. The van der Waals surface area contributed by atoms with Gasteiger partial charge in [0.1, 0.15) is 0 Å². The number of benzene rings is 1. The molecular weight excluding hydrogens is 257 g/mol. The molecule has 15 heavy (non-hydrogen) atoms. The third-order valence-electron chi connectivity index (χ3n) is 2.45. The zero-order valence-electron chi connectivity index (χ0n) is 8.60. The zero-order chi connectivity index (χ0) is 10.8. The van der Waals surface area contributed by atoms with Crippen LogP contribution in [0.25, 0.3) is 0 Å². The summed E-state index contributed by atoms with van der Waals surface area (Å²) in [6.07, 6.45) is 1.93. The minimum atomic E-state index is -2.28. The monoisotopic (exact) mass is 271 g/mol. The standard InChI is InChI=1S/C11H13NO2Se/c1-2-3-8-12-11(13)9-6-4-5-7-10(9)15(12)14/h4-7H,2-3,8H2,1H3. The van der Waals surface area contributed by atoms with Gasteiger partial charge >= 0.3 is 93.1 Å². The van der Waals surface area contributed by atoms with Crippen molar-refractivity contribution in [1.82, 2.24) is 3.92 Å². The third kappa shape index (κ3) is 1.75. The van der Waals surface area contributed by atoms with Crippen molar-refractivity contribution < 1.29 is 8.63 Å². The van der Waals surface area contributed by atoms with E-state index >= 15 is 0 Å². The summed E-state index contributed by atoms with van der Waals surface area (Å²) in [6.45, 7) is 2.69. The van der Waals surface area contributed by atoms with Crippen molar-refractivity contribution in [1.29, 1.82) is 0 Å². The molecule has 0 aromatic heterocycles. The van der Waals surface area contributed by atoms with E-state index in [9.17, 15) is 8.63 Å². The maximum absolute atomic E-state index is 12.0. The first-order valence-corrected chi connectivity index (χ1v) is 7.40. The van der Waals surface area contributed by atoms with Crippen LogP contribution >= 0.6 is 0 Å². The van der Waals surface area contributed by atoms with Crippen LogP contribution in [0, 0.1) is 0 Å². The Kier molecular flexibility index (Phi) is 2.98. The van der Waals surface area contributed by atoms with Crippen LogP contribution in [-0.2, 0) is 3.83 Å². The zero-order valence-corrected chi connectivity index (χ0v) is 10.3. The number of unbranched alkanes of at least 4 members (excludes halogenated alkanes) is 1. The molecule has 80 valence electrons. The molecule has 1 heterocycles. The molecule has 0 radical (unpaired) electrons. The summed E-state index contributed by atoms with van der Waals surface area (Å²) in [6, 6.07) is 7.22. The van der Waals surface area contributed by atoms with Crippen LogP contribution in [0.1, 0.15) is 30.1 Å². The Morgan fingerprint density at radius 1 is 1.33 bits per heavy atom. The van der Waals surface area contributed by atoms with Gasteiger partial charge in [0, 0.05) is 0 Å². The quantitative estimate of drug-likeness (QED) is 0.770. The molecule has 1 aromatic rings. The number of carbonyl (C=O) groups excluding carboxylic acids is 1. The van der Waals surface area contributed by atoms with Gasteiger partial charge in [-0.1, -0.05) is 0 Å². The molecule has 1 amide bonds. The van der Waals surface area contributed by atoms with E-state index in [-0.39, 0.29) is 5.91 Å². The van der Waals surface area contributed by atoms with E-state index in [0.29, 0.717) is 12.1 Å². The fourth-order valence-electron chi connectivity index (χ4n) is 1.61. The average Bonchev–Trinajstić information content (AvgIpc) is 2.51. The van der Waals surface area contributed by atoms with E-state index in [1.54, 1.807) is 16.0 Å². The molecule has 1 aromatic carbocycles. The predicted molar refractivity (Wildman–Crippen MR) is 58.5 cm³/mol. The van der Waals surface area contributed by atoms with Gasteiger partial charge in [-0.2, -0.15) is 0 Å². The van der Waals surface area contributed by atoms with Crippen LogP contribution in [0.5, 0.6) is 0 Å². The van der Waals surface area contributed by atoms with Crippen LogP contribution in [0.4, 0.5) is 0 Å². The molecule has 2 rings (SSSR count). The number of carbonyl (C=O) groups is 1. The molecule has 1 unspecified atom stereocenters. The second-order valence-electron chi connectivity index (χ2n) is 3.51. The van der Waals surface area contributed by atoms with E-state index in [1.807, 2.05) is 12.1 Å². The van der Waals surface area contributed by atoms with Gasteiger partial charge < -0.3 is 0 Å². The third-order valence-corrected chi connectivity index (χ3v) is 5.55. The van der Waals surface area contributed by atoms with E-state index in [2.05, 4.69) is 6.92 Å². The molecule has 0 saturated carbocycles. The number of hydrogen-bond donors (Lipinski definition) is 0. The van der Waals surface area contributed by atoms with Crippen molar-refractivity contribution in [2.45, 2.75) is 19.8 Å². The first-order chi connectivity index (χ1) is 7.25. The normalized spacial score (nSPS) is 19.4. The number of fused-ring (bicyclic) bond motifs is 1. The van der Waals surface area contributed by atoms with Gasteiger partial charge in [0.15, 0.2) is 0 Å². The molecule has 4 heteroatoms. The van der Waals surface area contributed by atoms with Crippen LogP contribution in [0.2, 0.25) is 0 Å². The SMILES string of the molecule is CCCCN1C(=O)c2ccccc2[Se]1=O. The average molecular weight is 270 g/mol. The van der Waals surface area contributed by atoms with E-state index in [1.165, 1.54) is 0 Å². The topological polar surface area (TPSA) is 37.4 Å². The van der Waals surface area contributed by atoms with Gasteiger partial charge in [-0.05, 0) is 0 Å². The van der Waals surface area contributed by atoms with Gasteiger partial charge in [-0.3, -0.25) is 0 Å². The Morgan fingerprint density at radius 2 is 2.07 bits per heavy atom. The van der Waals surface area contributed by atoms with Gasteiger partial charge in [0.2, 0.25) is 0 Å². The van der Waals surface area contributed by atoms with Crippen molar-refractivity contribution in [3.05, 3.63) is 29.8 Å². The van der Waals surface area contributed by atoms with Gasteiger partial charge in [-0.15, -0.1) is 0 Å². The van der Waals surface area contributed by atoms with Crippen molar-refractivity contribution in [2.24, 2.45) is 0 Å². The molecule has 1 aliphatic heterocycles. The number of rotatable bonds is 3. The van der Waals surface area contributed by atoms with E-state index in [0.717, 1.165) is 17.3 Å². The Labute approximate surface area is 93.4 Å². The van der Waals surface area contributed by atoms with Crippen LogP contribution < -0.4 is 4.46 Å².